The highest BCUT2D eigenvalue weighted by atomic mass is 35.5. The maximum Gasteiger partial charge on any atom is 0.324 e. The Hall–Kier alpha value is -1.50. The molecule has 0 aliphatic rings. The molecule has 20 heavy (non-hydrogen) atoms. The Morgan fingerprint density at radius 1 is 1.35 bits per heavy atom. The quantitative estimate of drug-likeness (QED) is 0.610. The van der Waals surface area contributed by atoms with Gasteiger partial charge in [0.05, 0.1) is 21.5 Å². The van der Waals surface area contributed by atoms with Gasteiger partial charge in [-0.1, -0.05) is 35.1 Å². The van der Waals surface area contributed by atoms with E-state index in [1.54, 1.807) is 29.0 Å². The van der Waals surface area contributed by atoms with Crippen molar-refractivity contribution in [2.24, 2.45) is 0 Å². The molecule has 0 radical (unpaired) electrons. The molecule has 0 bridgehead atoms. The third-order valence-corrected chi connectivity index (χ3v) is 4.63. The molecule has 1 heterocycles. The summed E-state index contributed by atoms with van der Waals surface area (Å²) in [5.74, 6) is 0.389. The molecule has 0 spiro atoms. The standard InChI is InChI=1S/C13H10ClNO3S2/c14-12-3-1-10(2-4-12)9-20(18)6-5-11-7-13(15(16)17)19-8-11/h1-8H,9H2. The normalized spacial score (nSPS) is 12.7. The highest BCUT2D eigenvalue weighted by Gasteiger charge is 2.07. The zero-order chi connectivity index (χ0) is 14.5. The summed E-state index contributed by atoms with van der Waals surface area (Å²) in [4.78, 5) is 10.1. The van der Waals surface area contributed by atoms with Crippen LogP contribution in [0.4, 0.5) is 5.00 Å². The van der Waals surface area contributed by atoms with Crippen LogP contribution >= 0.6 is 22.9 Å². The Morgan fingerprint density at radius 2 is 2.05 bits per heavy atom. The first-order valence-corrected chi connectivity index (χ1v) is 8.21. The molecule has 7 heteroatoms. The molecule has 1 unspecified atom stereocenters. The maximum absolute atomic E-state index is 11.9. The lowest BCUT2D eigenvalue weighted by molar-refractivity contribution is -0.380. The number of rotatable bonds is 5. The third-order valence-electron chi connectivity index (χ3n) is 2.42. The van der Waals surface area contributed by atoms with Crippen LogP contribution in [-0.4, -0.2) is 9.13 Å². The Bertz CT molecular complexity index is 665. The summed E-state index contributed by atoms with van der Waals surface area (Å²) in [6.07, 6.45) is 1.63. The average molecular weight is 328 g/mol. The van der Waals surface area contributed by atoms with Crippen LogP contribution in [0.3, 0.4) is 0 Å². The molecule has 1 aromatic carbocycles. The van der Waals surface area contributed by atoms with Gasteiger partial charge in [0.25, 0.3) is 0 Å². The van der Waals surface area contributed by atoms with Crippen molar-refractivity contribution in [1.82, 2.24) is 0 Å². The Morgan fingerprint density at radius 3 is 2.65 bits per heavy atom. The number of hydrogen-bond donors (Lipinski definition) is 0. The molecule has 0 fully saturated rings. The second kappa shape index (κ2) is 6.78. The monoisotopic (exact) mass is 327 g/mol. The fraction of sp³-hybridized carbons (Fsp3) is 0.0769. The number of thiophene rings is 1. The predicted molar refractivity (Wildman–Crippen MR) is 83.3 cm³/mol. The highest BCUT2D eigenvalue weighted by Crippen LogP contribution is 2.23. The van der Waals surface area contributed by atoms with E-state index >= 15 is 0 Å². The van der Waals surface area contributed by atoms with Crippen LogP contribution in [0.1, 0.15) is 11.1 Å². The second-order valence-electron chi connectivity index (χ2n) is 3.93. The molecule has 0 aliphatic heterocycles. The SMILES string of the molecule is O=[N+]([O-])c1cc(C=CS(=O)Cc2ccc(Cl)cc2)cs1. The average Bonchev–Trinajstić information content (AvgIpc) is 2.88. The second-order valence-corrected chi connectivity index (χ2v) is 6.58. The largest absolute Gasteiger partial charge is 0.324 e. The van der Waals surface area contributed by atoms with E-state index < -0.39 is 15.7 Å². The summed E-state index contributed by atoms with van der Waals surface area (Å²) in [5.41, 5.74) is 1.61. The summed E-state index contributed by atoms with van der Waals surface area (Å²) in [6, 6.07) is 8.60. The summed E-state index contributed by atoms with van der Waals surface area (Å²) in [7, 11) is -1.17. The van der Waals surface area contributed by atoms with E-state index in [0.29, 0.717) is 16.3 Å². The number of halogens is 1. The fourth-order valence-corrected chi connectivity index (χ4v) is 3.22. The van der Waals surface area contributed by atoms with Crippen molar-refractivity contribution in [3.63, 3.8) is 0 Å². The van der Waals surface area contributed by atoms with Gasteiger partial charge in [0.1, 0.15) is 0 Å². The van der Waals surface area contributed by atoms with Crippen molar-refractivity contribution in [2.75, 3.05) is 0 Å². The lowest BCUT2D eigenvalue weighted by atomic mass is 10.2. The van der Waals surface area contributed by atoms with E-state index in [1.807, 2.05) is 12.1 Å². The van der Waals surface area contributed by atoms with Gasteiger partial charge >= 0.3 is 5.00 Å². The molecular weight excluding hydrogens is 318 g/mol. The van der Waals surface area contributed by atoms with E-state index in [1.165, 1.54) is 6.07 Å². The zero-order valence-corrected chi connectivity index (χ0v) is 12.6. The van der Waals surface area contributed by atoms with Gasteiger partial charge in [-0.25, -0.2) is 0 Å². The molecule has 0 saturated heterocycles. The molecular formula is C13H10ClNO3S2. The van der Waals surface area contributed by atoms with Gasteiger partial charge in [-0.2, -0.15) is 0 Å². The van der Waals surface area contributed by atoms with Crippen molar-refractivity contribution < 1.29 is 9.13 Å². The topological polar surface area (TPSA) is 60.2 Å². The van der Waals surface area contributed by atoms with Gasteiger partial charge in [-0.05, 0) is 29.3 Å². The summed E-state index contributed by atoms with van der Waals surface area (Å²) in [5, 5.41) is 14.5. The molecule has 4 nitrogen and oxygen atoms in total. The molecule has 104 valence electrons. The van der Waals surface area contributed by atoms with E-state index in [0.717, 1.165) is 16.9 Å². The third kappa shape index (κ3) is 4.26. The lowest BCUT2D eigenvalue weighted by Crippen LogP contribution is -1.90. The van der Waals surface area contributed by atoms with Gasteiger partial charge in [0, 0.05) is 21.9 Å². The molecule has 1 aromatic heterocycles. The van der Waals surface area contributed by atoms with E-state index in [2.05, 4.69) is 0 Å². The highest BCUT2D eigenvalue weighted by molar-refractivity contribution is 7.87. The minimum Gasteiger partial charge on any atom is -0.258 e. The Kier molecular flexibility index (Phi) is 5.05. The van der Waals surface area contributed by atoms with Crippen LogP contribution in [-0.2, 0) is 16.6 Å². The van der Waals surface area contributed by atoms with Gasteiger partial charge in [0.2, 0.25) is 0 Å². The summed E-state index contributed by atoms with van der Waals surface area (Å²) < 4.78 is 11.9. The van der Waals surface area contributed by atoms with Gasteiger partial charge in [-0.15, -0.1) is 0 Å². The van der Waals surface area contributed by atoms with Crippen molar-refractivity contribution in [3.8, 4) is 0 Å². The van der Waals surface area contributed by atoms with Crippen LogP contribution in [0.2, 0.25) is 5.02 Å². The van der Waals surface area contributed by atoms with Crippen LogP contribution in [0.25, 0.3) is 6.08 Å². The fourth-order valence-electron chi connectivity index (χ4n) is 1.47. The molecule has 2 rings (SSSR count). The van der Waals surface area contributed by atoms with Crippen LogP contribution in [0.5, 0.6) is 0 Å². The van der Waals surface area contributed by atoms with Gasteiger partial charge in [-0.3, -0.25) is 14.3 Å². The summed E-state index contributed by atoms with van der Waals surface area (Å²) >= 11 is 6.82. The Labute approximate surface area is 127 Å². The summed E-state index contributed by atoms with van der Waals surface area (Å²) in [6.45, 7) is 0. The van der Waals surface area contributed by atoms with Crippen molar-refractivity contribution >= 4 is 44.8 Å². The maximum atomic E-state index is 11.9. The van der Waals surface area contributed by atoms with Crippen LogP contribution in [0, 0.1) is 10.1 Å². The molecule has 2 aromatic rings. The first-order chi connectivity index (χ1) is 9.54. The van der Waals surface area contributed by atoms with Crippen molar-refractivity contribution in [2.45, 2.75) is 5.75 Å². The van der Waals surface area contributed by atoms with Crippen molar-refractivity contribution in [1.29, 1.82) is 0 Å². The van der Waals surface area contributed by atoms with Crippen LogP contribution < -0.4 is 0 Å². The van der Waals surface area contributed by atoms with Crippen molar-refractivity contribution in [3.05, 3.63) is 67.4 Å². The zero-order valence-electron chi connectivity index (χ0n) is 10.2. The first kappa shape index (κ1) is 14.9. The Balaban J connectivity index is 1.98. The minimum absolute atomic E-state index is 0.0770. The molecule has 0 saturated carbocycles. The van der Waals surface area contributed by atoms with Gasteiger partial charge in [0.15, 0.2) is 0 Å². The van der Waals surface area contributed by atoms with E-state index in [9.17, 15) is 14.3 Å². The minimum atomic E-state index is -1.17. The first-order valence-electron chi connectivity index (χ1n) is 5.57. The number of hydrogen-bond acceptors (Lipinski definition) is 4. The smallest absolute Gasteiger partial charge is 0.258 e. The molecule has 0 N–H and O–H groups in total. The van der Waals surface area contributed by atoms with E-state index in [-0.39, 0.29) is 5.00 Å². The predicted octanol–water partition coefficient (Wildman–Crippen LogP) is 4.23. The lowest BCUT2D eigenvalue weighted by Gasteiger charge is -1.98. The number of nitrogens with zero attached hydrogens (tertiary/aromatic N) is 1. The molecule has 0 amide bonds. The number of benzene rings is 1. The van der Waals surface area contributed by atoms with E-state index in [4.69, 9.17) is 11.6 Å². The molecule has 1 atom stereocenters. The number of nitro groups is 1. The molecule has 0 aliphatic carbocycles. The van der Waals surface area contributed by atoms with Crippen LogP contribution in [0.15, 0.2) is 41.1 Å². The van der Waals surface area contributed by atoms with Gasteiger partial charge < -0.3 is 0 Å².